The molecule has 1 aromatic rings. The number of methoxy groups -OCH3 is 1. The molecule has 0 bridgehead atoms. The second-order valence-electron chi connectivity index (χ2n) is 6.37. The second kappa shape index (κ2) is 6.93. The quantitative estimate of drug-likeness (QED) is 0.847. The molecule has 130 valence electrons. The Kier molecular flexibility index (Phi) is 4.89. The van der Waals surface area contributed by atoms with Crippen molar-refractivity contribution in [2.45, 2.75) is 39.0 Å². The summed E-state index contributed by atoms with van der Waals surface area (Å²) in [7, 11) is 1.30. The number of amides is 2. The molecule has 0 radical (unpaired) electrons. The summed E-state index contributed by atoms with van der Waals surface area (Å²) in [4.78, 5) is 39.4. The number of piperidine rings is 1. The number of carbonyl (C=O) groups is 3. The highest BCUT2D eigenvalue weighted by atomic mass is 32.1. The number of anilines is 1. The SMILES string of the molecule is COC(=O)c1c(NC(=O)C2CC2)sc(C(=O)N2CCCCC2)c1C. The van der Waals surface area contributed by atoms with Gasteiger partial charge in [-0.3, -0.25) is 9.59 Å². The number of carbonyl (C=O) groups excluding carboxylic acids is 3. The summed E-state index contributed by atoms with van der Waals surface area (Å²) >= 11 is 1.18. The van der Waals surface area contributed by atoms with Crippen LogP contribution in [0.3, 0.4) is 0 Å². The molecule has 0 unspecified atom stereocenters. The van der Waals surface area contributed by atoms with Gasteiger partial charge < -0.3 is 15.0 Å². The van der Waals surface area contributed by atoms with Crippen molar-refractivity contribution < 1.29 is 19.1 Å². The normalized spacial score (nSPS) is 17.5. The summed E-state index contributed by atoms with van der Waals surface area (Å²) in [6.07, 6.45) is 4.91. The molecule has 0 aromatic carbocycles. The molecule has 1 aliphatic heterocycles. The van der Waals surface area contributed by atoms with Crippen molar-refractivity contribution in [2.75, 3.05) is 25.5 Å². The monoisotopic (exact) mass is 350 g/mol. The predicted molar refractivity (Wildman–Crippen MR) is 91.5 cm³/mol. The molecule has 1 saturated carbocycles. The summed E-state index contributed by atoms with van der Waals surface area (Å²) in [6, 6.07) is 0. The average molecular weight is 350 g/mol. The Bertz CT molecular complexity index is 672. The van der Waals surface area contributed by atoms with Crippen LogP contribution in [0.4, 0.5) is 5.00 Å². The topological polar surface area (TPSA) is 75.7 Å². The van der Waals surface area contributed by atoms with Gasteiger partial charge in [0.05, 0.1) is 17.6 Å². The third kappa shape index (κ3) is 3.31. The van der Waals surface area contributed by atoms with Crippen LogP contribution in [-0.4, -0.2) is 42.9 Å². The number of nitrogens with one attached hydrogen (secondary N) is 1. The van der Waals surface area contributed by atoms with Gasteiger partial charge in [-0.2, -0.15) is 0 Å². The van der Waals surface area contributed by atoms with Gasteiger partial charge in [0.2, 0.25) is 5.91 Å². The maximum atomic E-state index is 12.8. The molecule has 1 aliphatic carbocycles. The van der Waals surface area contributed by atoms with Crippen molar-refractivity contribution >= 4 is 34.1 Å². The molecule has 3 rings (SSSR count). The van der Waals surface area contributed by atoms with Crippen LogP contribution < -0.4 is 5.32 Å². The van der Waals surface area contributed by atoms with Crippen molar-refractivity contribution in [1.29, 1.82) is 0 Å². The largest absolute Gasteiger partial charge is 0.465 e. The van der Waals surface area contributed by atoms with Crippen molar-refractivity contribution in [3.63, 3.8) is 0 Å². The van der Waals surface area contributed by atoms with Crippen LogP contribution in [0.2, 0.25) is 0 Å². The summed E-state index contributed by atoms with van der Waals surface area (Å²) in [5.41, 5.74) is 0.894. The third-order valence-electron chi connectivity index (χ3n) is 4.56. The van der Waals surface area contributed by atoms with Gasteiger partial charge in [0.25, 0.3) is 5.91 Å². The van der Waals surface area contributed by atoms with Gasteiger partial charge in [0.15, 0.2) is 0 Å². The number of hydrogen-bond acceptors (Lipinski definition) is 5. The molecule has 0 atom stereocenters. The van der Waals surface area contributed by atoms with Gasteiger partial charge in [-0.25, -0.2) is 4.79 Å². The van der Waals surface area contributed by atoms with E-state index in [1.54, 1.807) is 6.92 Å². The van der Waals surface area contributed by atoms with E-state index in [9.17, 15) is 14.4 Å². The molecule has 2 amide bonds. The first-order valence-electron chi connectivity index (χ1n) is 8.34. The maximum Gasteiger partial charge on any atom is 0.341 e. The highest BCUT2D eigenvalue weighted by Gasteiger charge is 2.33. The summed E-state index contributed by atoms with van der Waals surface area (Å²) in [5, 5.41) is 3.24. The van der Waals surface area contributed by atoms with E-state index in [1.807, 2.05) is 4.90 Å². The first-order valence-corrected chi connectivity index (χ1v) is 9.16. The van der Waals surface area contributed by atoms with E-state index in [1.165, 1.54) is 18.4 Å². The smallest absolute Gasteiger partial charge is 0.341 e. The molecular weight excluding hydrogens is 328 g/mol. The molecule has 6 nitrogen and oxygen atoms in total. The zero-order valence-electron chi connectivity index (χ0n) is 14.0. The van der Waals surface area contributed by atoms with Crippen LogP contribution in [0.25, 0.3) is 0 Å². The van der Waals surface area contributed by atoms with Crippen LogP contribution >= 0.6 is 11.3 Å². The lowest BCUT2D eigenvalue weighted by atomic mass is 10.1. The highest BCUT2D eigenvalue weighted by Crippen LogP contribution is 2.37. The molecule has 24 heavy (non-hydrogen) atoms. The molecule has 1 N–H and O–H groups in total. The van der Waals surface area contributed by atoms with Crippen molar-refractivity contribution in [3.05, 3.63) is 16.0 Å². The predicted octanol–water partition coefficient (Wildman–Crippen LogP) is 2.82. The molecule has 2 aliphatic rings. The molecule has 2 heterocycles. The minimum atomic E-state index is -0.521. The zero-order chi connectivity index (χ0) is 17.3. The van der Waals surface area contributed by atoms with Crippen LogP contribution in [0, 0.1) is 12.8 Å². The van der Waals surface area contributed by atoms with E-state index >= 15 is 0 Å². The van der Waals surface area contributed by atoms with Gasteiger partial charge in [0, 0.05) is 19.0 Å². The van der Waals surface area contributed by atoms with Crippen LogP contribution in [0.5, 0.6) is 0 Å². The van der Waals surface area contributed by atoms with Gasteiger partial charge in [-0.05, 0) is 44.6 Å². The van der Waals surface area contributed by atoms with E-state index < -0.39 is 5.97 Å². The van der Waals surface area contributed by atoms with Gasteiger partial charge in [0.1, 0.15) is 5.00 Å². The van der Waals surface area contributed by atoms with E-state index in [0.717, 1.165) is 45.2 Å². The number of likely N-dealkylation sites (tertiary alicyclic amines) is 1. The highest BCUT2D eigenvalue weighted by molar-refractivity contribution is 7.18. The first-order chi connectivity index (χ1) is 11.5. The van der Waals surface area contributed by atoms with E-state index in [2.05, 4.69) is 5.32 Å². The lowest BCUT2D eigenvalue weighted by Crippen LogP contribution is -2.35. The number of thiophene rings is 1. The van der Waals surface area contributed by atoms with Crippen molar-refractivity contribution in [1.82, 2.24) is 4.90 Å². The number of ether oxygens (including phenoxy) is 1. The summed E-state index contributed by atoms with van der Waals surface area (Å²) in [6.45, 7) is 3.23. The standard InChI is InChI=1S/C17H22N2O4S/c1-10-12(17(22)23-2)15(18-14(20)11-6-7-11)24-13(10)16(21)19-8-4-3-5-9-19/h11H,3-9H2,1-2H3,(H,18,20). The Morgan fingerprint density at radius 2 is 1.83 bits per heavy atom. The van der Waals surface area contributed by atoms with Gasteiger partial charge >= 0.3 is 5.97 Å². The molecule has 1 saturated heterocycles. The molecular formula is C17H22N2O4S. The van der Waals surface area contributed by atoms with Crippen molar-refractivity contribution in [3.8, 4) is 0 Å². The van der Waals surface area contributed by atoms with Crippen LogP contribution in [0.15, 0.2) is 0 Å². The molecule has 7 heteroatoms. The first kappa shape index (κ1) is 17.0. The fourth-order valence-corrected chi connectivity index (χ4v) is 4.12. The number of esters is 1. The Labute approximate surface area is 145 Å². The zero-order valence-corrected chi connectivity index (χ0v) is 14.8. The minimum absolute atomic E-state index is 0.0270. The van der Waals surface area contributed by atoms with E-state index in [0.29, 0.717) is 21.0 Å². The lowest BCUT2D eigenvalue weighted by Gasteiger charge is -2.26. The molecule has 0 spiro atoms. The lowest BCUT2D eigenvalue weighted by molar-refractivity contribution is -0.117. The van der Waals surface area contributed by atoms with Gasteiger partial charge in [-0.15, -0.1) is 11.3 Å². The fourth-order valence-electron chi connectivity index (χ4n) is 2.95. The van der Waals surface area contributed by atoms with E-state index in [-0.39, 0.29) is 17.7 Å². The fraction of sp³-hybridized carbons (Fsp3) is 0.588. The van der Waals surface area contributed by atoms with Crippen LogP contribution in [0.1, 0.15) is 57.7 Å². The number of nitrogens with zero attached hydrogens (tertiary/aromatic N) is 1. The Hall–Kier alpha value is -1.89. The van der Waals surface area contributed by atoms with E-state index in [4.69, 9.17) is 4.74 Å². The maximum absolute atomic E-state index is 12.8. The summed E-state index contributed by atoms with van der Waals surface area (Å²) < 4.78 is 4.85. The average Bonchev–Trinajstić information content (AvgIpc) is 3.40. The summed E-state index contributed by atoms with van der Waals surface area (Å²) in [5.74, 6) is -0.640. The van der Waals surface area contributed by atoms with Crippen LogP contribution in [-0.2, 0) is 9.53 Å². The Balaban J connectivity index is 1.90. The Morgan fingerprint density at radius 1 is 1.17 bits per heavy atom. The Morgan fingerprint density at radius 3 is 2.42 bits per heavy atom. The van der Waals surface area contributed by atoms with Gasteiger partial charge in [-0.1, -0.05) is 0 Å². The van der Waals surface area contributed by atoms with Crippen molar-refractivity contribution in [2.24, 2.45) is 5.92 Å². The second-order valence-corrected chi connectivity index (χ2v) is 7.39. The third-order valence-corrected chi connectivity index (χ3v) is 5.75. The minimum Gasteiger partial charge on any atom is -0.465 e. The molecule has 1 aromatic heterocycles. The number of hydrogen-bond donors (Lipinski definition) is 1. The molecule has 2 fully saturated rings. The number of rotatable bonds is 4.